The number of hydrogen-bond acceptors (Lipinski definition) is 2. The molecule has 0 atom stereocenters. The Labute approximate surface area is 219 Å². The van der Waals surface area contributed by atoms with Gasteiger partial charge in [-0.25, -0.2) is 0 Å². The first-order valence-electron chi connectivity index (χ1n) is 13.1. The summed E-state index contributed by atoms with van der Waals surface area (Å²) in [6, 6.07) is 40.9. The van der Waals surface area contributed by atoms with Gasteiger partial charge in [-0.15, -0.1) is 10.2 Å². The summed E-state index contributed by atoms with van der Waals surface area (Å²) in [6.45, 7) is 3.13. The molecule has 0 saturated carbocycles. The van der Waals surface area contributed by atoms with Crippen molar-refractivity contribution < 1.29 is 0 Å². The molecule has 0 aliphatic carbocycles. The molecule has 0 saturated heterocycles. The summed E-state index contributed by atoms with van der Waals surface area (Å²) < 4.78 is 4.63. The summed E-state index contributed by atoms with van der Waals surface area (Å²) in [5.41, 5.74) is 6.76. The number of fused-ring (bicyclic) bond motifs is 7. The van der Waals surface area contributed by atoms with E-state index in [0.29, 0.717) is 0 Å². The third-order valence-corrected chi connectivity index (χ3v) is 7.82. The van der Waals surface area contributed by atoms with Gasteiger partial charge in [0.2, 0.25) is 0 Å². The molecule has 0 aliphatic rings. The fourth-order valence-corrected chi connectivity index (χ4v) is 6.16. The monoisotopic (exact) mass is 488 g/mol. The van der Waals surface area contributed by atoms with Gasteiger partial charge in [0.15, 0.2) is 5.82 Å². The Kier molecular flexibility index (Phi) is 4.47. The number of rotatable bonds is 3. The lowest BCUT2D eigenvalue weighted by Crippen LogP contribution is -2.02. The third-order valence-electron chi connectivity index (χ3n) is 7.82. The van der Waals surface area contributed by atoms with Crippen LogP contribution in [0.4, 0.5) is 0 Å². The van der Waals surface area contributed by atoms with Crippen molar-refractivity contribution in [3.05, 3.63) is 115 Å². The predicted molar refractivity (Wildman–Crippen MR) is 158 cm³/mol. The standard InChI is InChI=1S/C34H24N4/c1-2-37-29-16-8-5-13-25(29)28-21-22(19-20-30(28)37)33-26-14-3-4-15-27(26)34(36-35-33)38-31-17-9-6-11-23(31)24-12-7-10-18-32(24)38/h3-21H,2H2,1H3. The van der Waals surface area contributed by atoms with Crippen LogP contribution in [0.25, 0.3) is 71.5 Å². The van der Waals surface area contributed by atoms with E-state index in [4.69, 9.17) is 10.2 Å². The number of benzene rings is 5. The topological polar surface area (TPSA) is 35.6 Å². The molecule has 0 spiro atoms. The van der Waals surface area contributed by atoms with Crippen molar-refractivity contribution >= 4 is 54.4 Å². The second-order valence-electron chi connectivity index (χ2n) is 9.78. The van der Waals surface area contributed by atoms with E-state index >= 15 is 0 Å². The molecule has 4 heteroatoms. The van der Waals surface area contributed by atoms with E-state index in [1.807, 2.05) is 0 Å². The highest BCUT2D eigenvalue weighted by atomic mass is 15.2. The van der Waals surface area contributed by atoms with Gasteiger partial charge < -0.3 is 4.57 Å². The van der Waals surface area contributed by atoms with Crippen molar-refractivity contribution in [2.45, 2.75) is 13.5 Å². The molecule has 4 nitrogen and oxygen atoms in total. The van der Waals surface area contributed by atoms with Crippen LogP contribution in [-0.4, -0.2) is 19.3 Å². The Morgan fingerprint density at radius 2 is 1.03 bits per heavy atom. The Balaban J connectivity index is 1.41. The first-order chi connectivity index (χ1) is 18.8. The van der Waals surface area contributed by atoms with Crippen LogP contribution >= 0.6 is 0 Å². The summed E-state index contributed by atoms with van der Waals surface area (Å²) in [7, 11) is 0. The lowest BCUT2D eigenvalue weighted by Gasteiger charge is -2.12. The molecule has 0 fully saturated rings. The van der Waals surface area contributed by atoms with Crippen molar-refractivity contribution in [1.29, 1.82) is 0 Å². The van der Waals surface area contributed by atoms with E-state index in [1.54, 1.807) is 0 Å². The van der Waals surface area contributed by atoms with Crippen LogP contribution in [0.15, 0.2) is 115 Å². The van der Waals surface area contributed by atoms with Gasteiger partial charge in [-0.1, -0.05) is 84.9 Å². The van der Waals surface area contributed by atoms with Gasteiger partial charge in [0.25, 0.3) is 0 Å². The minimum Gasteiger partial charge on any atom is -0.341 e. The SMILES string of the molecule is CCn1c2ccccc2c2cc(-c3nnc(-n4c5ccccc5c5ccccc54)c4ccccc34)ccc21. The zero-order valence-corrected chi connectivity index (χ0v) is 21.0. The van der Waals surface area contributed by atoms with Crippen molar-refractivity contribution in [1.82, 2.24) is 19.3 Å². The Bertz CT molecular complexity index is 2130. The van der Waals surface area contributed by atoms with Gasteiger partial charge >= 0.3 is 0 Å². The molecule has 8 aromatic rings. The van der Waals surface area contributed by atoms with Gasteiger partial charge in [-0.05, 0) is 37.3 Å². The summed E-state index contributed by atoms with van der Waals surface area (Å²) in [4.78, 5) is 0. The Morgan fingerprint density at radius 1 is 0.500 bits per heavy atom. The van der Waals surface area contributed by atoms with E-state index in [1.165, 1.54) is 32.6 Å². The molecule has 180 valence electrons. The molecule has 0 bridgehead atoms. The van der Waals surface area contributed by atoms with E-state index < -0.39 is 0 Å². The molecule has 0 unspecified atom stereocenters. The van der Waals surface area contributed by atoms with E-state index in [0.717, 1.165) is 45.4 Å². The average Bonchev–Trinajstić information content (AvgIpc) is 3.49. The maximum absolute atomic E-state index is 4.90. The third kappa shape index (κ3) is 2.86. The fourth-order valence-electron chi connectivity index (χ4n) is 6.16. The second kappa shape index (κ2) is 8.02. The van der Waals surface area contributed by atoms with Gasteiger partial charge in [0, 0.05) is 55.5 Å². The summed E-state index contributed by atoms with van der Waals surface area (Å²) in [6.07, 6.45) is 0. The van der Waals surface area contributed by atoms with Crippen LogP contribution in [0.2, 0.25) is 0 Å². The first-order valence-corrected chi connectivity index (χ1v) is 13.1. The molecular weight excluding hydrogens is 464 g/mol. The Morgan fingerprint density at radius 3 is 1.68 bits per heavy atom. The minimum absolute atomic E-state index is 0.852. The predicted octanol–water partition coefficient (Wildman–Crippen LogP) is 8.52. The van der Waals surface area contributed by atoms with Crippen LogP contribution in [0.1, 0.15) is 6.92 Å². The van der Waals surface area contributed by atoms with Crippen LogP contribution in [-0.2, 0) is 6.54 Å². The molecule has 0 radical (unpaired) electrons. The Hall–Kier alpha value is -4.96. The molecule has 3 heterocycles. The highest BCUT2D eigenvalue weighted by molar-refractivity contribution is 6.12. The normalized spacial score (nSPS) is 11.9. The highest BCUT2D eigenvalue weighted by Gasteiger charge is 2.18. The molecular formula is C34H24N4. The van der Waals surface area contributed by atoms with Gasteiger partial charge in [-0.3, -0.25) is 4.57 Å². The van der Waals surface area contributed by atoms with Gasteiger partial charge in [0.05, 0.1) is 11.0 Å². The lowest BCUT2D eigenvalue weighted by atomic mass is 10.0. The molecule has 0 amide bonds. The minimum atomic E-state index is 0.852. The van der Waals surface area contributed by atoms with Crippen LogP contribution in [0, 0.1) is 0 Å². The maximum atomic E-state index is 4.90. The quantitative estimate of drug-likeness (QED) is 0.250. The van der Waals surface area contributed by atoms with E-state index in [2.05, 4.69) is 131 Å². The van der Waals surface area contributed by atoms with Crippen molar-refractivity contribution in [2.75, 3.05) is 0 Å². The zero-order chi connectivity index (χ0) is 25.2. The molecule has 5 aromatic carbocycles. The zero-order valence-electron chi connectivity index (χ0n) is 21.0. The molecule has 8 rings (SSSR count). The van der Waals surface area contributed by atoms with Crippen molar-refractivity contribution in [3.8, 4) is 17.1 Å². The molecule has 0 N–H and O–H groups in total. The fraction of sp³-hybridized carbons (Fsp3) is 0.0588. The van der Waals surface area contributed by atoms with Gasteiger partial charge in [0.1, 0.15) is 5.69 Å². The van der Waals surface area contributed by atoms with Crippen LogP contribution in [0.3, 0.4) is 0 Å². The molecule has 3 aromatic heterocycles. The molecule has 0 aliphatic heterocycles. The highest BCUT2D eigenvalue weighted by Crippen LogP contribution is 2.37. The van der Waals surface area contributed by atoms with Crippen LogP contribution in [0.5, 0.6) is 0 Å². The summed E-state index contributed by atoms with van der Waals surface area (Å²) >= 11 is 0. The smallest absolute Gasteiger partial charge is 0.168 e. The van der Waals surface area contributed by atoms with Crippen molar-refractivity contribution in [3.63, 3.8) is 0 Å². The largest absolute Gasteiger partial charge is 0.341 e. The number of para-hydroxylation sites is 3. The summed E-state index contributed by atoms with van der Waals surface area (Å²) in [5.74, 6) is 0.852. The number of aromatic nitrogens is 4. The maximum Gasteiger partial charge on any atom is 0.168 e. The van der Waals surface area contributed by atoms with Gasteiger partial charge in [-0.2, -0.15) is 0 Å². The second-order valence-corrected chi connectivity index (χ2v) is 9.78. The number of hydrogen-bond donors (Lipinski definition) is 0. The average molecular weight is 489 g/mol. The summed E-state index contributed by atoms with van der Waals surface area (Å²) in [5, 5.41) is 16.9. The van der Waals surface area contributed by atoms with E-state index in [-0.39, 0.29) is 0 Å². The molecule has 38 heavy (non-hydrogen) atoms. The van der Waals surface area contributed by atoms with E-state index in [9.17, 15) is 0 Å². The number of aryl methyl sites for hydroxylation is 1. The van der Waals surface area contributed by atoms with Crippen molar-refractivity contribution in [2.24, 2.45) is 0 Å². The first kappa shape index (κ1) is 21.2. The number of nitrogens with zero attached hydrogens (tertiary/aromatic N) is 4. The lowest BCUT2D eigenvalue weighted by molar-refractivity contribution is 0.827. The van der Waals surface area contributed by atoms with Crippen LogP contribution < -0.4 is 0 Å².